The van der Waals surface area contributed by atoms with Crippen LogP contribution in [0.2, 0.25) is 0 Å². The zero-order chi connectivity index (χ0) is 20.0. The second kappa shape index (κ2) is 9.72. The van der Waals surface area contributed by atoms with Crippen LogP contribution in [0.25, 0.3) is 0 Å². The highest BCUT2D eigenvalue weighted by atomic mass is 31.2. The monoisotopic (exact) mass is 397 g/mol. The summed E-state index contributed by atoms with van der Waals surface area (Å²) in [6.45, 7) is 8.72. The van der Waals surface area contributed by atoms with Crippen LogP contribution in [0.4, 0.5) is 0 Å². The molecule has 0 bridgehead atoms. The Morgan fingerprint density at radius 2 is 1.46 bits per heavy atom. The van der Waals surface area contributed by atoms with Crippen LogP contribution in [0.15, 0.2) is 72.0 Å². The van der Waals surface area contributed by atoms with E-state index in [2.05, 4.69) is 88.4 Å². The smallest absolute Gasteiger partial charge is 0.234 e. The molecule has 0 amide bonds. The Labute approximate surface area is 171 Å². The van der Waals surface area contributed by atoms with Crippen molar-refractivity contribution in [3.8, 4) is 0 Å². The van der Waals surface area contributed by atoms with E-state index in [1.807, 2.05) is 0 Å². The van der Waals surface area contributed by atoms with E-state index in [9.17, 15) is 0 Å². The Kier molecular flexibility index (Phi) is 7.32. The zero-order valence-corrected chi connectivity index (χ0v) is 18.6. The molecule has 3 rings (SSSR count). The lowest BCUT2D eigenvalue weighted by Gasteiger charge is -2.36. The molecule has 1 aliphatic heterocycles. The Hall–Kier alpha value is -1.63. The van der Waals surface area contributed by atoms with Crippen LogP contribution in [-0.2, 0) is 9.47 Å². The molecule has 2 unspecified atom stereocenters. The van der Waals surface area contributed by atoms with Crippen molar-refractivity contribution in [1.29, 1.82) is 0 Å². The standard InChI is InChI=1S/C25H34O2P/c1-5-7-18-28(22-14-10-8-11-15-22,23-16-12-9-13-17-23)19-25-26-20(3)24(6-2)21(4)27-25/h8-17,20,25H,5-7,18-19H2,1-4H3/q+1. The van der Waals surface area contributed by atoms with E-state index in [0.717, 1.165) is 18.3 Å². The van der Waals surface area contributed by atoms with Gasteiger partial charge in [-0.05, 0) is 56.5 Å². The van der Waals surface area contributed by atoms with Crippen LogP contribution in [0.5, 0.6) is 0 Å². The average Bonchev–Trinajstić information content (AvgIpc) is 2.72. The van der Waals surface area contributed by atoms with Crippen LogP contribution in [0.3, 0.4) is 0 Å². The van der Waals surface area contributed by atoms with Crippen molar-refractivity contribution in [3.63, 3.8) is 0 Å². The average molecular weight is 398 g/mol. The van der Waals surface area contributed by atoms with Crippen LogP contribution in [0, 0.1) is 0 Å². The summed E-state index contributed by atoms with van der Waals surface area (Å²) in [6, 6.07) is 22.1. The molecular formula is C25H34O2P+. The Morgan fingerprint density at radius 3 is 1.93 bits per heavy atom. The number of allylic oxidation sites excluding steroid dienone is 1. The molecule has 0 radical (unpaired) electrons. The van der Waals surface area contributed by atoms with E-state index in [1.54, 1.807) is 0 Å². The normalized spacial score (nSPS) is 20.1. The molecule has 2 nitrogen and oxygen atoms in total. The van der Waals surface area contributed by atoms with Crippen LogP contribution in [0.1, 0.15) is 47.0 Å². The predicted octanol–water partition coefficient (Wildman–Crippen LogP) is 5.90. The summed E-state index contributed by atoms with van der Waals surface area (Å²) < 4.78 is 12.7. The molecule has 0 N–H and O–H groups in total. The molecule has 0 spiro atoms. The lowest BCUT2D eigenvalue weighted by atomic mass is 10.1. The fourth-order valence-corrected chi connectivity index (χ4v) is 8.76. The van der Waals surface area contributed by atoms with Gasteiger partial charge in [-0.3, -0.25) is 0 Å². The van der Waals surface area contributed by atoms with Crippen molar-refractivity contribution in [2.24, 2.45) is 0 Å². The fourth-order valence-electron chi connectivity index (χ4n) is 4.33. The van der Waals surface area contributed by atoms with Crippen LogP contribution < -0.4 is 10.6 Å². The summed E-state index contributed by atoms with van der Waals surface area (Å²) in [6.07, 6.45) is 5.46. The lowest BCUT2D eigenvalue weighted by molar-refractivity contribution is -0.141. The molecule has 3 heteroatoms. The van der Waals surface area contributed by atoms with E-state index >= 15 is 0 Å². The quantitative estimate of drug-likeness (QED) is 0.516. The number of benzene rings is 2. The summed E-state index contributed by atoms with van der Waals surface area (Å²) >= 11 is 0. The number of rotatable bonds is 8. The largest absolute Gasteiger partial charge is 0.466 e. The highest BCUT2D eigenvalue weighted by molar-refractivity contribution is 7.89. The van der Waals surface area contributed by atoms with Gasteiger partial charge in [0.05, 0.1) is 35.9 Å². The first-order chi connectivity index (χ1) is 13.6. The van der Waals surface area contributed by atoms with Crippen molar-refractivity contribution in [2.75, 3.05) is 12.3 Å². The molecule has 0 saturated heterocycles. The van der Waals surface area contributed by atoms with Gasteiger partial charge in [0.1, 0.15) is 6.16 Å². The van der Waals surface area contributed by atoms with E-state index in [-0.39, 0.29) is 12.4 Å². The summed E-state index contributed by atoms with van der Waals surface area (Å²) in [5.74, 6) is 1.06. The first-order valence-corrected chi connectivity index (χ1v) is 12.8. The van der Waals surface area contributed by atoms with Gasteiger partial charge in [0.15, 0.2) is 0 Å². The summed E-state index contributed by atoms with van der Waals surface area (Å²) in [5.41, 5.74) is 1.29. The molecule has 28 heavy (non-hydrogen) atoms. The van der Waals surface area contributed by atoms with Gasteiger partial charge in [0.2, 0.25) is 6.29 Å². The van der Waals surface area contributed by atoms with Crippen molar-refractivity contribution in [2.45, 2.75) is 59.4 Å². The first kappa shape index (κ1) is 21.1. The number of ether oxygens (including phenoxy) is 2. The third-order valence-corrected chi connectivity index (χ3v) is 10.4. The molecule has 2 aromatic rings. The van der Waals surface area contributed by atoms with E-state index in [1.165, 1.54) is 35.2 Å². The highest BCUT2D eigenvalue weighted by Gasteiger charge is 2.46. The van der Waals surface area contributed by atoms with Gasteiger partial charge in [-0.25, -0.2) is 0 Å². The molecule has 0 fully saturated rings. The topological polar surface area (TPSA) is 18.5 Å². The molecule has 0 aromatic heterocycles. The van der Waals surface area contributed by atoms with Gasteiger partial charge >= 0.3 is 0 Å². The third kappa shape index (κ3) is 4.50. The van der Waals surface area contributed by atoms with Crippen molar-refractivity contribution >= 4 is 17.9 Å². The maximum absolute atomic E-state index is 6.39. The number of hydrogen-bond donors (Lipinski definition) is 0. The Bertz CT molecular complexity index is 730. The van der Waals surface area contributed by atoms with E-state index in [0.29, 0.717) is 0 Å². The van der Waals surface area contributed by atoms with Crippen LogP contribution in [-0.4, -0.2) is 24.7 Å². The number of unbranched alkanes of at least 4 members (excludes halogenated alkanes) is 1. The lowest BCUT2D eigenvalue weighted by Crippen LogP contribution is -2.38. The summed E-state index contributed by atoms with van der Waals surface area (Å²) in [5, 5.41) is 2.91. The van der Waals surface area contributed by atoms with Gasteiger partial charge < -0.3 is 9.47 Å². The Morgan fingerprint density at radius 1 is 0.893 bits per heavy atom. The molecule has 2 aromatic carbocycles. The summed E-state index contributed by atoms with van der Waals surface area (Å²) in [4.78, 5) is 0. The minimum atomic E-state index is -1.64. The molecule has 0 saturated carbocycles. The van der Waals surface area contributed by atoms with Gasteiger partial charge in [-0.2, -0.15) is 0 Å². The molecule has 1 heterocycles. The zero-order valence-electron chi connectivity index (χ0n) is 17.7. The fraction of sp³-hybridized carbons (Fsp3) is 0.440. The van der Waals surface area contributed by atoms with Gasteiger partial charge in [0.25, 0.3) is 0 Å². The van der Waals surface area contributed by atoms with E-state index in [4.69, 9.17) is 9.47 Å². The maximum Gasteiger partial charge on any atom is 0.234 e. The molecule has 150 valence electrons. The molecule has 2 atom stereocenters. The SMILES string of the molecule is CCCC[P+](CC1OC(C)=C(CC)C(C)O1)(c1ccccc1)c1ccccc1. The van der Waals surface area contributed by atoms with Crippen LogP contribution >= 0.6 is 7.26 Å². The second-order valence-electron chi connectivity index (χ2n) is 7.66. The van der Waals surface area contributed by atoms with E-state index < -0.39 is 7.26 Å². The second-order valence-corrected chi connectivity index (χ2v) is 11.4. The third-order valence-electron chi connectivity index (χ3n) is 5.84. The molecule has 1 aliphatic rings. The predicted molar refractivity (Wildman–Crippen MR) is 122 cm³/mol. The first-order valence-electron chi connectivity index (χ1n) is 10.6. The Balaban J connectivity index is 2.02. The minimum absolute atomic E-state index is 0.128. The van der Waals surface area contributed by atoms with Crippen molar-refractivity contribution in [3.05, 3.63) is 72.0 Å². The summed E-state index contributed by atoms with van der Waals surface area (Å²) in [7, 11) is -1.64. The highest BCUT2D eigenvalue weighted by Crippen LogP contribution is 2.58. The maximum atomic E-state index is 6.39. The van der Waals surface area contributed by atoms with Gasteiger partial charge in [-0.15, -0.1) is 0 Å². The van der Waals surface area contributed by atoms with Crippen molar-refractivity contribution < 1.29 is 9.47 Å². The van der Waals surface area contributed by atoms with Gasteiger partial charge in [-0.1, -0.05) is 56.7 Å². The molecular weight excluding hydrogens is 363 g/mol. The molecule has 0 aliphatic carbocycles. The van der Waals surface area contributed by atoms with Crippen molar-refractivity contribution in [1.82, 2.24) is 0 Å². The van der Waals surface area contributed by atoms with Gasteiger partial charge in [0, 0.05) is 0 Å². The number of hydrogen-bond acceptors (Lipinski definition) is 2. The minimum Gasteiger partial charge on any atom is -0.466 e.